The SMILES string of the molecule is COc1ccccc1C(=O)ON=C1C=C(C(C)(C)C)C(=O)C(C(C)(C)C)=C1. The zero-order valence-electron chi connectivity index (χ0n) is 17.0. The minimum atomic E-state index is -0.617. The molecule has 0 bridgehead atoms. The predicted octanol–water partition coefficient (Wildman–Crippen LogP) is 4.74. The van der Waals surface area contributed by atoms with Crippen molar-refractivity contribution < 1.29 is 19.2 Å². The fraction of sp³-hybridized carbons (Fsp3) is 0.409. The van der Waals surface area contributed by atoms with Crippen LogP contribution in [-0.2, 0) is 9.63 Å². The van der Waals surface area contributed by atoms with Crippen LogP contribution in [0.25, 0.3) is 0 Å². The van der Waals surface area contributed by atoms with Crippen LogP contribution in [0.5, 0.6) is 5.75 Å². The molecule has 1 aromatic rings. The van der Waals surface area contributed by atoms with Crippen molar-refractivity contribution in [1.29, 1.82) is 0 Å². The molecule has 2 rings (SSSR count). The van der Waals surface area contributed by atoms with Gasteiger partial charge in [-0.3, -0.25) is 4.79 Å². The van der Waals surface area contributed by atoms with E-state index in [2.05, 4.69) is 5.16 Å². The Morgan fingerprint density at radius 2 is 1.44 bits per heavy atom. The first kappa shape index (κ1) is 20.6. The normalized spacial score (nSPS) is 15.1. The van der Waals surface area contributed by atoms with Crippen LogP contribution in [0.1, 0.15) is 51.9 Å². The van der Waals surface area contributed by atoms with E-state index in [0.717, 1.165) is 0 Å². The van der Waals surface area contributed by atoms with Gasteiger partial charge in [-0.15, -0.1) is 0 Å². The van der Waals surface area contributed by atoms with Crippen molar-refractivity contribution in [2.45, 2.75) is 41.5 Å². The number of allylic oxidation sites excluding steroid dienone is 4. The van der Waals surface area contributed by atoms with E-state index in [4.69, 9.17) is 9.57 Å². The molecule has 1 aliphatic carbocycles. The summed E-state index contributed by atoms with van der Waals surface area (Å²) in [7, 11) is 1.49. The Bertz CT molecular complexity index is 810. The summed E-state index contributed by atoms with van der Waals surface area (Å²) in [5, 5.41) is 4.00. The second kappa shape index (κ2) is 7.51. The highest BCUT2D eigenvalue weighted by Gasteiger charge is 2.34. The number of Topliss-reactive ketones (excluding diaryl/α,β-unsaturated/α-hetero) is 1. The molecule has 0 saturated carbocycles. The maximum Gasteiger partial charge on any atom is 0.369 e. The quantitative estimate of drug-likeness (QED) is 0.439. The summed E-state index contributed by atoms with van der Waals surface area (Å²) in [5.74, 6) is -0.198. The van der Waals surface area contributed by atoms with Crippen molar-refractivity contribution in [2.24, 2.45) is 16.0 Å². The topological polar surface area (TPSA) is 65.0 Å². The molecule has 0 radical (unpaired) electrons. The van der Waals surface area contributed by atoms with Crippen LogP contribution in [0, 0.1) is 10.8 Å². The van der Waals surface area contributed by atoms with Crippen molar-refractivity contribution in [3.05, 3.63) is 53.1 Å². The number of rotatable bonds is 3. The number of oxime groups is 1. The van der Waals surface area contributed by atoms with E-state index in [1.54, 1.807) is 36.4 Å². The molecule has 5 heteroatoms. The number of hydrogen-bond donors (Lipinski definition) is 0. The smallest absolute Gasteiger partial charge is 0.369 e. The van der Waals surface area contributed by atoms with E-state index in [9.17, 15) is 9.59 Å². The number of carbonyl (C=O) groups excluding carboxylic acids is 2. The summed E-state index contributed by atoms with van der Waals surface area (Å²) in [4.78, 5) is 30.4. The number of hydrogen-bond acceptors (Lipinski definition) is 5. The van der Waals surface area contributed by atoms with Crippen molar-refractivity contribution in [1.82, 2.24) is 0 Å². The fourth-order valence-corrected chi connectivity index (χ4v) is 2.74. The summed E-state index contributed by atoms with van der Waals surface area (Å²) < 4.78 is 5.18. The second-order valence-corrected chi connectivity index (χ2v) is 8.54. The lowest BCUT2D eigenvalue weighted by Crippen LogP contribution is -2.29. The van der Waals surface area contributed by atoms with Crippen molar-refractivity contribution in [3.63, 3.8) is 0 Å². The molecule has 0 aliphatic heterocycles. The molecule has 0 N–H and O–H groups in total. The lowest BCUT2D eigenvalue weighted by atomic mass is 9.72. The van der Waals surface area contributed by atoms with Crippen LogP contribution >= 0.6 is 0 Å². The van der Waals surface area contributed by atoms with Crippen LogP contribution < -0.4 is 4.74 Å². The molecule has 0 fully saturated rings. The summed E-state index contributed by atoms with van der Waals surface area (Å²) in [6.45, 7) is 11.8. The zero-order valence-corrected chi connectivity index (χ0v) is 17.0. The minimum Gasteiger partial charge on any atom is -0.496 e. The average molecular weight is 369 g/mol. The Labute approximate surface area is 160 Å². The number of para-hydroxylation sites is 1. The lowest BCUT2D eigenvalue weighted by Gasteiger charge is -2.30. The molecule has 0 heterocycles. The van der Waals surface area contributed by atoms with E-state index in [0.29, 0.717) is 22.6 Å². The van der Waals surface area contributed by atoms with E-state index in [-0.39, 0.29) is 22.2 Å². The molecule has 0 spiro atoms. The molecular weight excluding hydrogens is 342 g/mol. The maximum atomic E-state index is 12.9. The Kier molecular flexibility index (Phi) is 5.73. The molecule has 27 heavy (non-hydrogen) atoms. The number of nitrogens with zero attached hydrogens (tertiary/aromatic N) is 1. The van der Waals surface area contributed by atoms with Gasteiger partial charge in [-0.05, 0) is 35.1 Å². The third-order valence-corrected chi connectivity index (χ3v) is 4.25. The summed E-state index contributed by atoms with van der Waals surface area (Å²) in [6.07, 6.45) is 3.38. The molecule has 144 valence electrons. The Hall–Kier alpha value is -2.69. The number of ether oxygens (including phenoxy) is 1. The molecule has 0 saturated heterocycles. The van der Waals surface area contributed by atoms with Gasteiger partial charge in [0.05, 0.1) is 7.11 Å². The average Bonchev–Trinajstić information content (AvgIpc) is 2.58. The fourth-order valence-electron chi connectivity index (χ4n) is 2.74. The first-order valence-electron chi connectivity index (χ1n) is 8.86. The summed E-state index contributed by atoms with van der Waals surface area (Å²) in [6, 6.07) is 6.78. The zero-order chi connectivity index (χ0) is 20.4. The molecule has 1 aromatic carbocycles. The molecule has 1 aliphatic rings. The maximum absolute atomic E-state index is 12.9. The number of benzene rings is 1. The van der Waals surface area contributed by atoms with Crippen LogP contribution in [-0.4, -0.2) is 24.6 Å². The van der Waals surface area contributed by atoms with Gasteiger partial charge in [0.25, 0.3) is 0 Å². The van der Waals surface area contributed by atoms with Gasteiger partial charge >= 0.3 is 5.97 Å². The lowest BCUT2D eigenvalue weighted by molar-refractivity contribution is -0.114. The van der Waals surface area contributed by atoms with Crippen molar-refractivity contribution >= 4 is 17.5 Å². The van der Waals surface area contributed by atoms with Gasteiger partial charge < -0.3 is 9.57 Å². The molecule has 0 unspecified atom stereocenters. The van der Waals surface area contributed by atoms with Gasteiger partial charge in [-0.1, -0.05) is 58.8 Å². The highest BCUT2D eigenvalue weighted by atomic mass is 16.7. The minimum absolute atomic E-state index is 0.00463. The van der Waals surface area contributed by atoms with Crippen molar-refractivity contribution in [3.8, 4) is 5.75 Å². The number of ketones is 1. The van der Waals surface area contributed by atoms with Gasteiger partial charge in [-0.25, -0.2) is 4.79 Å². The van der Waals surface area contributed by atoms with Crippen LogP contribution in [0.2, 0.25) is 0 Å². The predicted molar refractivity (Wildman–Crippen MR) is 106 cm³/mol. The first-order valence-corrected chi connectivity index (χ1v) is 8.86. The van der Waals surface area contributed by atoms with Gasteiger partial charge in [0.1, 0.15) is 17.0 Å². The molecule has 0 amide bonds. The monoisotopic (exact) mass is 369 g/mol. The highest BCUT2D eigenvalue weighted by molar-refractivity contribution is 6.22. The molecule has 0 atom stereocenters. The standard InChI is InChI=1S/C22H27NO4/c1-21(2,3)16-12-14(13-17(19(16)24)22(4,5)6)23-27-20(25)15-10-8-9-11-18(15)26-7/h8-13H,1-7H3. The second-order valence-electron chi connectivity index (χ2n) is 8.54. The third-order valence-electron chi connectivity index (χ3n) is 4.25. The van der Waals surface area contributed by atoms with Crippen LogP contribution in [0.15, 0.2) is 52.7 Å². The van der Waals surface area contributed by atoms with Gasteiger partial charge in [-0.2, -0.15) is 0 Å². The van der Waals surface area contributed by atoms with Gasteiger partial charge in [0, 0.05) is 11.1 Å². The van der Waals surface area contributed by atoms with E-state index in [1.165, 1.54) is 7.11 Å². The molecule has 5 nitrogen and oxygen atoms in total. The largest absolute Gasteiger partial charge is 0.496 e. The van der Waals surface area contributed by atoms with Gasteiger partial charge in [0.2, 0.25) is 0 Å². The van der Waals surface area contributed by atoms with E-state index < -0.39 is 5.97 Å². The summed E-state index contributed by atoms with van der Waals surface area (Å²) in [5.41, 5.74) is 1.30. The highest BCUT2D eigenvalue weighted by Crippen LogP contribution is 2.37. The van der Waals surface area contributed by atoms with E-state index in [1.807, 2.05) is 41.5 Å². The molecule has 0 aromatic heterocycles. The number of methoxy groups -OCH3 is 1. The van der Waals surface area contributed by atoms with Crippen LogP contribution in [0.4, 0.5) is 0 Å². The van der Waals surface area contributed by atoms with Gasteiger partial charge in [0.15, 0.2) is 5.78 Å². The Morgan fingerprint density at radius 3 is 1.93 bits per heavy atom. The molecular formula is C22H27NO4. The third kappa shape index (κ3) is 4.73. The van der Waals surface area contributed by atoms with E-state index >= 15 is 0 Å². The summed E-state index contributed by atoms with van der Waals surface area (Å²) >= 11 is 0. The Balaban J connectivity index is 2.39. The van der Waals surface area contributed by atoms with Crippen LogP contribution in [0.3, 0.4) is 0 Å². The first-order chi connectivity index (χ1) is 12.4. The Morgan fingerprint density at radius 1 is 0.926 bits per heavy atom. The van der Waals surface area contributed by atoms with Crippen molar-refractivity contribution in [2.75, 3.05) is 7.11 Å². The number of carbonyl (C=O) groups is 2.